The van der Waals surface area contributed by atoms with Crippen molar-refractivity contribution in [3.05, 3.63) is 42.2 Å². The molecule has 0 saturated heterocycles. The molecule has 1 aromatic rings. The fourth-order valence-electron chi connectivity index (χ4n) is 1.21. The Morgan fingerprint density at radius 3 is 2.21 bits per heavy atom. The summed E-state index contributed by atoms with van der Waals surface area (Å²) in [5, 5.41) is 1.49. The third-order valence-electron chi connectivity index (χ3n) is 2.10. The topological polar surface area (TPSA) is 55.3 Å². The van der Waals surface area contributed by atoms with Gasteiger partial charge in [0.2, 0.25) is 0 Å². The highest BCUT2D eigenvalue weighted by Gasteiger charge is 2.00. The third kappa shape index (κ3) is 2.50. The third-order valence-corrected chi connectivity index (χ3v) is 2.10. The Balaban J connectivity index is 2.82. The maximum atomic E-state index is 5.70. The van der Waals surface area contributed by atoms with Crippen LogP contribution in [0.2, 0.25) is 0 Å². The van der Waals surface area contributed by atoms with Gasteiger partial charge in [0.15, 0.2) is 0 Å². The molecule has 0 fully saturated rings. The molecule has 3 heteroatoms. The van der Waals surface area contributed by atoms with Crippen LogP contribution in [-0.2, 0) is 0 Å². The molecule has 0 radical (unpaired) electrons. The van der Waals surface area contributed by atoms with E-state index in [4.69, 9.17) is 11.6 Å². The summed E-state index contributed by atoms with van der Waals surface area (Å²) >= 11 is 0. The summed E-state index contributed by atoms with van der Waals surface area (Å²) in [7, 11) is 0. The van der Waals surface area contributed by atoms with E-state index in [1.54, 1.807) is 6.20 Å². The van der Waals surface area contributed by atoms with Gasteiger partial charge in [-0.15, -0.1) is 0 Å². The number of hydrazine groups is 1. The second-order valence-corrected chi connectivity index (χ2v) is 3.50. The number of hydrogen-bond acceptors (Lipinski definition) is 3. The molecule has 0 aliphatic rings. The van der Waals surface area contributed by atoms with Crippen molar-refractivity contribution >= 4 is 5.69 Å². The van der Waals surface area contributed by atoms with Crippen LogP contribution < -0.4 is 16.6 Å². The van der Waals surface area contributed by atoms with Crippen molar-refractivity contribution in [2.24, 2.45) is 11.6 Å². The molecular formula is C11H17N3. The Kier molecular flexibility index (Phi) is 3.54. The Bertz CT molecular complexity index is 301. The first kappa shape index (κ1) is 10.6. The Morgan fingerprint density at radius 2 is 1.79 bits per heavy atom. The van der Waals surface area contributed by atoms with Gasteiger partial charge >= 0.3 is 0 Å². The summed E-state index contributed by atoms with van der Waals surface area (Å²) in [5.41, 5.74) is 7.47. The molecule has 14 heavy (non-hydrogen) atoms. The van der Waals surface area contributed by atoms with Crippen molar-refractivity contribution in [2.75, 3.05) is 5.01 Å². The molecule has 0 aliphatic heterocycles. The van der Waals surface area contributed by atoms with Gasteiger partial charge < -0.3 is 5.73 Å². The molecule has 4 N–H and O–H groups in total. The maximum Gasteiger partial charge on any atom is 0.0569 e. The molecule has 0 unspecified atom stereocenters. The fourth-order valence-corrected chi connectivity index (χ4v) is 1.21. The van der Waals surface area contributed by atoms with Gasteiger partial charge in [-0.1, -0.05) is 26.0 Å². The zero-order valence-electron chi connectivity index (χ0n) is 8.64. The van der Waals surface area contributed by atoms with Crippen LogP contribution in [0.15, 0.2) is 36.7 Å². The van der Waals surface area contributed by atoms with Gasteiger partial charge in [0, 0.05) is 12.4 Å². The average Bonchev–Trinajstić information content (AvgIpc) is 2.18. The summed E-state index contributed by atoms with van der Waals surface area (Å²) in [5.74, 6) is 6.24. The van der Waals surface area contributed by atoms with Crippen molar-refractivity contribution in [1.29, 1.82) is 0 Å². The summed E-state index contributed by atoms with van der Waals surface area (Å²) in [6, 6.07) is 8.11. The van der Waals surface area contributed by atoms with E-state index in [1.165, 1.54) is 16.8 Å². The largest absolute Gasteiger partial charge is 0.403 e. The van der Waals surface area contributed by atoms with Crippen molar-refractivity contribution in [3.8, 4) is 0 Å². The number of benzene rings is 1. The molecular weight excluding hydrogens is 174 g/mol. The summed E-state index contributed by atoms with van der Waals surface area (Å²) < 4.78 is 0. The highest BCUT2D eigenvalue weighted by molar-refractivity contribution is 5.48. The van der Waals surface area contributed by atoms with E-state index in [2.05, 4.69) is 26.0 Å². The molecule has 0 atom stereocenters. The number of hydrogen-bond donors (Lipinski definition) is 2. The zero-order valence-corrected chi connectivity index (χ0v) is 8.64. The average molecular weight is 191 g/mol. The van der Waals surface area contributed by atoms with Gasteiger partial charge in [-0.3, -0.25) is 5.01 Å². The smallest absolute Gasteiger partial charge is 0.0569 e. The van der Waals surface area contributed by atoms with E-state index >= 15 is 0 Å². The quantitative estimate of drug-likeness (QED) is 0.567. The standard InChI is InChI=1S/C11H17N3/c1-9(2)10-3-5-11(6-4-10)14(13)8-7-12/h3-9H,12-13H2,1-2H3/b8-7-. The minimum absolute atomic E-state index is 0.542. The van der Waals surface area contributed by atoms with E-state index in [-0.39, 0.29) is 0 Å². The fraction of sp³-hybridized carbons (Fsp3) is 0.273. The lowest BCUT2D eigenvalue weighted by molar-refractivity contribution is 0.866. The lowest BCUT2D eigenvalue weighted by atomic mass is 10.0. The first-order valence-corrected chi connectivity index (χ1v) is 4.67. The molecule has 0 aliphatic carbocycles. The van der Waals surface area contributed by atoms with Crippen LogP contribution in [0.3, 0.4) is 0 Å². The Labute approximate surface area is 85.0 Å². The Morgan fingerprint density at radius 1 is 1.21 bits per heavy atom. The number of nitrogens with two attached hydrogens (primary N) is 2. The van der Waals surface area contributed by atoms with Crippen molar-refractivity contribution in [2.45, 2.75) is 19.8 Å². The van der Waals surface area contributed by atoms with Crippen molar-refractivity contribution in [1.82, 2.24) is 0 Å². The second-order valence-electron chi connectivity index (χ2n) is 3.50. The van der Waals surface area contributed by atoms with Gasteiger partial charge in [0.1, 0.15) is 0 Å². The summed E-state index contributed by atoms with van der Waals surface area (Å²) in [6.45, 7) is 4.32. The van der Waals surface area contributed by atoms with Gasteiger partial charge in [0.25, 0.3) is 0 Å². The van der Waals surface area contributed by atoms with E-state index in [0.717, 1.165) is 5.69 Å². The minimum atomic E-state index is 0.542. The van der Waals surface area contributed by atoms with Crippen LogP contribution in [0, 0.1) is 0 Å². The molecule has 0 bridgehead atoms. The molecule has 0 spiro atoms. The Hall–Kier alpha value is -1.48. The lowest BCUT2D eigenvalue weighted by Gasteiger charge is -2.14. The number of anilines is 1. The second kappa shape index (κ2) is 4.67. The van der Waals surface area contributed by atoms with Crippen molar-refractivity contribution in [3.63, 3.8) is 0 Å². The van der Waals surface area contributed by atoms with E-state index in [1.807, 2.05) is 12.1 Å². The lowest BCUT2D eigenvalue weighted by Crippen LogP contribution is -2.24. The highest BCUT2D eigenvalue weighted by atomic mass is 15.4. The zero-order chi connectivity index (χ0) is 10.6. The minimum Gasteiger partial charge on any atom is -0.403 e. The molecule has 76 valence electrons. The SMILES string of the molecule is CC(C)c1ccc(N(N)/C=C\N)cc1. The highest BCUT2D eigenvalue weighted by Crippen LogP contribution is 2.18. The molecule has 3 nitrogen and oxygen atoms in total. The molecule has 1 rings (SSSR count). The molecule has 0 saturated carbocycles. The van der Waals surface area contributed by atoms with Gasteiger partial charge in [-0.2, -0.15) is 0 Å². The first-order valence-electron chi connectivity index (χ1n) is 4.67. The van der Waals surface area contributed by atoms with Crippen LogP contribution in [0.4, 0.5) is 5.69 Å². The van der Waals surface area contributed by atoms with Gasteiger partial charge in [-0.25, -0.2) is 5.84 Å². The van der Waals surface area contributed by atoms with E-state index in [9.17, 15) is 0 Å². The number of rotatable bonds is 3. The molecule has 0 aromatic heterocycles. The van der Waals surface area contributed by atoms with Gasteiger partial charge in [0.05, 0.1) is 5.69 Å². The van der Waals surface area contributed by atoms with Crippen molar-refractivity contribution < 1.29 is 0 Å². The summed E-state index contributed by atoms with van der Waals surface area (Å²) in [4.78, 5) is 0. The van der Waals surface area contributed by atoms with Crippen LogP contribution >= 0.6 is 0 Å². The molecule has 0 heterocycles. The predicted octanol–water partition coefficient (Wildman–Crippen LogP) is 1.92. The van der Waals surface area contributed by atoms with Gasteiger partial charge in [-0.05, 0) is 23.6 Å². The van der Waals surface area contributed by atoms with E-state index < -0.39 is 0 Å². The monoisotopic (exact) mass is 191 g/mol. The van der Waals surface area contributed by atoms with E-state index in [0.29, 0.717) is 5.92 Å². The van der Waals surface area contributed by atoms with Crippen LogP contribution in [-0.4, -0.2) is 0 Å². The molecule has 0 amide bonds. The maximum absolute atomic E-state index is 5.70. The van der Waals surface area contributed by atoms with Crippen LogP contribution in [0.5, 0.6) is 0 Å². The normalized spacial score (nSPS) is 11.1. The van der Waals surface area contributed by atoms with Crippen LogP contribution in [0.25, 0.3) is 0 Å². The molecule has 1 aromatic carbocycles. The predicted molar refractivity (Wildman–Crippen MR) is 60.5 cm³/mol. The number of nitrogens with zero attached hydrogens (tertiary/aromatic N) is 1. The first-order chi connectivity index (χ1) is 6.65. The van der Waals surface area contributed by atoms with Crippen LogP contribution in [0.1, 0.15) is 25.3 Å². The summed E-state index contributed by atoms with van der Waals surface area (Å²) in [6.07, 6.45) is 3.03.